The van der Waals surface area contributed by atoms with E-state index >= 15 is 0 Å². The Labute approximate surface area is 141 Å². The Hall–Kier alpha value is -3.00. The molecule has 0 saturated carbocycles. The number of amides is 2. The molecule has 2 aromatic carbocycles. The average molecular weight is 344 g/mol. The normalized spacial score (nSPS) is 10.2. The minimum Gasteiger partial charge on any atom is -0.497 e. The number of carbonyl (C=O) groups is 1. The number of nitrogens with zero attached hydrogens (tertiary/aromatic N) is 2. The van der Waals surface area contributed by atoms with Crippen molar-refractivity contribution < 1.29 is 13.9 Å². The van der Waals surface area contributed by atoms with Gasteiger partial charge >= 0.3 is 6.03 Å². The van der Waals surface area contributed by atoms with Crippen molar-refractivity contribution in [1.82, 2.24) is 10.2 Å². The van der Waals surface area contributed by atoms with Gasteiger partial charge in [0.2, 0.25) is 5.13 Å². The van der Waals surface area contributed by atoms with Gasteiger partial charge in [-0.25, -0.2) is 9.18 Å². The second-order valence-corrected chi connectivity index (χ2v) is 5.71. The zero-order valence-corrected chi connectivity index (χ0v) is 13.4. The van der Waals surface area contributed by atoms with Gasteiger partial charge in [-0.2, -0.15) is 0 Å². The van der Waals surface area contributed by atoms with Gasteiger partial charge < -0.3 is 10.1 Å². The molecule has 0 bridgehead atoms. The van der Waals surface area contributed by atoms with Crippen molar-refractivity contribution in [2.45, 2.75) is 0 Å². The second kappa shape index (κ2) is 7.05. The molecule has 122 valence electrons. The molecule has 1 heterocycles. The van der Waals surface area contributed by atoms with E-state index < -0.39 is 6.03 Å². The van der Waals surface area contributed by atoms with Crippen LogP contribution >= 0.6 is 11.3 Å². The fraction of sp³-hybridized carbons (Fsp3) is 0.0625. The first-order valence-corrected chi connectivity index (χ1v) is 7.77. The fourth-order valence-corrected chi connectivity index (χ4v) is 2.67. The molecule has 0 aliphatic rings. The minimum atomic E-state index is -0.477. The van der Waals surface area contributed by atoms with E-state index in [1.54, 1.807) is 7.11 Å². The number of hydrogen-bond acceptors (Lipinski definition) is 5. The summed E-state index contributed by atoms with van der Waals surface area (Å²) in [5, 5.41) is 14.2. The number of benzene rings is 2. The van der Waals surface area contributed by atoms with Crippen molar-refractivity contribution in [3.05, 3.63) is 54.3 Å². The largest absolute Gasteiger partial charge is 0.497 e. The van der Waals surface area contributed by atoms with Crippen molar-refractivity contribution in [2.75, 3.05) is 17.7 Å². The Morgan fingerprint density at radius 1 is 1.12 bits per heavy atom. The van der Waals surface area contributed by atoms with E-state index in [-0.39, 0.29) is 5.82 Å². The van der Waals surface area contributed by atoms with E-state index in [2.05, 4.69) is 20.8 Å². The molecule has 24 heavy (non-hydrogen) atoms. The van der Waals surface area contributed by atoms with Crippen LogP contribution in [-0.4, -0.2) is 23.3 Å². The third-order valence-electron chi connectivity index (χ3n) is 3.06. The second-order valence-electron chi connectivity index (χ2n) is 4.73. The Bertz CT molecular complexity index is 851. The summed E-state index contributed by atoms with van der Waals surface area (Å²) in [6, 6.07) is 12.4. The quantitative estimate of drug-likeness (QED) is 0.750. The Kier molecular flexibility index (Phi) is 4.66. The highest BCUT2D eigenvalue weighted by atomic mass is 32.1. The molecular formula is C16H13FN4O2S. The zero-order chi connectivity index (χ0) is 16.9. The molecule has 0 spiro atoms. The van der Waals surface area contributed by atoms with Gasteiger partial charge in [0.1, 0.15) is 16.6 Å². The van der Waals surface area contributed by atoms with E-state index in [9.17, 15) is 9.18 Å². The lowest BCUT2D eigenvalue weighted by molar-refractivity contribution is 0.262. The van der Waals surface area contributed by atoms with Crippen LogP contribution in [0.15, 0.2) is 48.5 Å². The number of anilines is 2. The van der Waals surface area contributed by atoms with Gasteiger partial charge in [0.25, 0.3) is 0 Å². The molecular weight excluding hydrogens is 331 g/mol. The lowest BCUT2D eigenvalue weighted by Crippen LogP contribution is -2.19. The lowest BCUT2D eigenvalue weighted by Gasteiger charge is -2.04. The molecule has 8 heteroatoms. The number of carbonyl (C=O) groups excluding carboxylic acids is 1. The number of methoxy groups -OCH3 is 1. The third kappa shape index (κ3) is 3.85. The van der Waals surface area contributed by atoms with Gasteiger partial charge in [0.15, 0.2) is 0 Å². The number of nitrogens with one attached hydrogen (secondary N) is 2. The summed E-state index contributed by atoms with van der Waals surface area (Å²) < 4.78 is 18.0. The molecule has 3 aromatic rings. The number of rotatable bonds is 4. The van der Waals surface area contributed by atoms with Crippen molar-refractivity contribution in [3.8, 4) is 16.3 Å². The molecule has 0 aliphatic heterocycles. The predicted octanol–water partition coefficient (Wildman–Crippen LogP) is 4.00. The van der Waals surface area contributed by atoms with E-state index in [0.29, 0.717) is 21.6 Å². The number of urea groups is 1. The molecule has 1 aromatic heterocycles. The van der Waals surface area contributed by atoms with Gasteiger partial charge in [-0.15, -0.1) is 10.2 Å². The minimum absolute atomic E-state index is 0.354. The smallest absolute Gasteiger partial charge is 0.325 e. The van der Waals surface area contributed by atoms with Gasteiger partial charge in [0, 0.05) is 11.3 Å². The van der Waals surface area contributed by atoms with Crippen LogP contribution in [0.1, 0.15) is 0 Å². The Morgan fingerprint density at radius 3 is 2.67 bits per heavy atom. The average Bonchev–Trinajstić information content (AvgIpc) is 3.05. The van der Waals surface area contributed by atoms with Gasteiger partial charge in [-0.3, -0.25) is 5.32 Å². The van der Waals surface area contributed by atoms with Crippen LogP contribution in [0.4, 0.5) is 20.0 Å². The molecule has 0 saturated heterocycles. The van der Waals surface area contributed by atoms with Gasteiger partial charge in [-0.05, 0) is 36.4 Å². The Morgan fingerprint density at radius 2 is 1.92 bits per heavy atom. The van der Waals surface area contributed by atoms with Crippen LogP contribution in [0.3, 0.4) is 0 Å². The highest BCUT2D eigenvalue weighted by Gasteiger charge is 2.10. The van der Waals surface area contributed by atoms with E-state index in [4.69, 9.17) is 4.74 Å². The molecule has 0 radical (unpaired) electrons. The lowest BCUT2D eigenvalue weighted by atomic mass is 10.2. The number of halogens is 1. The maximum Gasteiger partial charge on any atom is 0.325 e. The molecule has 0 fully saturated rings. The van der Waals surface area contributed by atoms with E-state index in [1.165, 1.54) is 35.6 Å². The first-order chi connectivity index (χ1) is 11.6. The number of ether oxygens (including phenoxy) is 1. The van der Waals surface area contributed by atoms with Crippen LogP contribution in [0.2, 0.25) is 0 Å². The van der Waals surface area contributed by atoms with Crippen molar-refractivity contribution >= 4 is 28.2 Å². The molecule has 0 atom stereocenters. The maximum absolute atomic E-state index is 12.8. The van der Waals surface area contributed by atoms with Crippen LogP contribution in [0, 0.1) is 5.82 Å². The van der Waals surface area contributed by atoms with Crippen LogP contribution in [0.5, 0.6) is 5.75 Å². The molecule has 3 rings (SSSR count). The SMILES string of the molecule is COc1cccc(-c2nnc(NC(=O)Nc3ccc(F)cc3)s2)c1. The summed E-state index contributed by atoms with van der Waals surface area (Å²) in [4.78, 5) is 11.9. The van der Waals surface area contributed by atoms with Gasteiger partial charge in [-0.1, -0.05) is 23.5 Å². The van der Waals surface area contributed by atoms with E-state index in [1.807, 2.05) is 24.3 Å². The standard InChI is InChI=1S/C16H13FN4O2S/c1-23-13-4-2-3-10(9-13)14-20-21-16(24-14)19-15(22)18-12-7-5-11(17)6-8-12/h2-9H,1H3,(H2,18,19,21,22). The summed E-state index contributed by atoms with van der Waals surface area (Å²) in [5.41, 5.74) is 1.32. The highest BCUT2D eigenvalue weighted by Crippen LogP contribution is 2.28. The summed E-state index contributed by atoms with van der Waals surface area (Å²) in [6.07, 6.45) is 0. The third-order valence-corrected chi connectivity index (χ3v) is 3.95. The monoisotopic (exact) mass is 344 g/mol. The summed E-state index contributed by atoms with van der Waals surface area (Å²) in [5.74, 6) is 0.347. The first kappa shape index (κ1) is 15.9. The molecule has 6 nitrogen and oxygen atoms in total. The highest BCUT2D eigenvalue weighted by molar-refractivity contribution is 7.18. The van der Waals surface area contributed by atoms with Crippen molar-refractivity contribution in [1.29, 1.82) is 0 Å². The predicted molar refractivity (Wildman–Crippen MR) is 90.9 cm³/mol. The zero-order valence-electron chi connectivity index (χ0n) is 12.6. The van der Waals surface area contributed by atoms with Crippen LogP contribution in [0.25, 0.3) is 10.6 Å². The number of aromatic nitrogens is 2. The van der Waals surface area contributed by atoms with Gasteiger partial charge in [0.05, 0.1) is 7.11 Å². The Balaban J connectivity index is 1.67. The first-order valence-electron chi connectivity index (χ1n) is 6.95. The summed E-state index contributed by atoms with van der Waals surface area (Å²) >= 11 is 1.24. The summed E-state index contributed by atoms with van der Waals surface area (Å²) in [6.45, 7) is 0. The number of hydrogen-bond donors (Lipinski definition) is 2. The van der Waals surface area contributed by atoms with E-state index in [0.717, 1.165) is 5.56 Å². The topological polar surface area (TPSA) is 76.1 Å². The van der Waals surface area contributed by atoms with Crippen LogP contribution < -0.4 is 15.4 Å². The fourth-order valence-electron chi connectivity index (χ4n) is 1.94. The summed E-state index contributed by atoms with van der Waals surface area (Å²) in [7, 11) is 1.59. The van der Waals surface area contributed by atoms with Crippen LogP contribution in [-0.2, 0) is 0 Å². The molecule has 0 aliphatic carbocycles. The molecule has 2 amide bonds. The maximum atomic E-state index is 12.8. The molecule has 2 N–H and O–H groups in total. The van der Waals surface area contributed by atoms with Crippen molar-refractivity contribution in [2.24, 2.45) is 0 Å². The molecule has 0 unspecified atom stereocenters. The van der Waals surface area contributed by atoms with Crippen molar-refractivity contribution in [3.63, 3.8) is 0 Å².